The van der Waals surface area contributed by atoms with Crippen molar-refractivity contribution in [2.24, 2.45) is 0 Å². The molecule has 0 saturated heterocycles. The smallest absolute Gasteiger partial charge is 0.135 e. The van der Waals surface area contributed by atoms with E-state index in [2.05, 4.69) is 189 Å². The van der Waals surface area contributed by atoms with Gasteiger partial charge in [-0.05, 0) is 109 Å². The Hall–Kier alpha value is -6.64. The Kier molecular flexibility index (Phi) is 5.81. The summed E-state index contributed by atoms with van der Waals surface area (Å²) < 4.78 is 6.36. The van der Waals surface area contributed by atoms with Crippen LogP contribution in [0.2, 0.25) is 0 Å². The predicted octanol–water partition coefficient (Wildman–Crippen LogP) is 13.7. The molecule has 2 heteroatoms. The van der Waals surface area contributed by atoms with Gasteiger partial charge in [0.05, 0.1) is 11.1 Å². The van der Waals surface area contributed by atoms with E-state index >= 15 is 0 Å². The number of para-hydroxylation sites is 1. The van der Waals surface area contributed by atoms with Crippen LogP contribution in [0.3, 0.4) is 0 Å². The molecule has 3 aliphatic carbocycles. The molecule has 3 aliphatic rings. The topological polar surface area (TPSA) is 16.4 Å². The molecule has 9 aromatic rings. The number of nitrogens with zero attached hydrogens (tertiary/aromatic N) is 1. The lowest BCUT2D eigenvalue weighted by Gasteiger charge is -2.34. The lowest BCUT2D eigenvalue weighted by Crippen LogP contribution is -2.26. The van der Waals surface area contributed by atoms with Crippen molar-refractivity contribution in [3.63, 3.8) is 0 Å². The molecular formula is C52H35NO. The van der Waals surface area contributed by atoms with Crippen LogP contribution in [0.4, 0.5) is 17.1 Å². The van der Waals surface area contributed by atoms with Crippen molar-refractivity contribution in [2.45, 2.75) is 24.7 Å². The van der Waals surface area contributed by atoms with Crippen molar-refractivity contribution < 1.29 is 4.42 Å². The van der Waals surface area contributed by atoms with E-state index in [4.69, 9.17) is 4.42 Å². The normalized spacial score (nSPS) is 14.8. The van der Waals surface area contributed by atoms with E-state index in [0.29, 0.717) is 0 Å². The number of hydrogen-bond acceptors (Lipinski definition) is 2. The van der Waals surface area contributed by atoms with Crippen LogP contribution in [0.15, 0.2) is 180 Å². The summed E-state index contributed by atoms with van der Waals surface area (Å²) in [5.74, 6) is 0. The van der Waals surface area contributed by atoms with Crippen LogP contribution < -0.4 is 4.90 Å². The number of anilines is 3. The third-order valence-electron chi connectivity index (χ3n) is 12.7. The molecule has 254 valence electrons. The summed E-state index contributed by atoms with van der Waals surface area (Å²) in [6.45, 7) is 4.76. The Morgan fingerprint density at radius 3 is 1.57 bits per heavy atom. The number of furan rings is 1. The molecular weight excluding hydrogens is 655 g/mol. The van der Waals surface area contributed by atoms with Gasteiger partial charge in [-0.25, -0.2) is 0 Å². The van der Waals surface area contributed by atoms with Crippen LogP contribution >= 0.6 is 0 Å². The van der Waals surface area contributed by atoms with Crippen molar-refractivity contribution in [2.75, 3.05) is 4.90 Å². The molecule has 12 rings (SSSR count). The van der Waals surface area contributed by atoms with Crippen LogP contribution in [0.25, 0.3) is 55.3 Å². The second-order valence-corrected chi connectivity index (χ2v) is 15.6. The molecule has 1 spiro atoms. The Morgan fingerprint density at radius 1 is 0.389 bits per heavy atom. The van der Waals surface area contributed by atoms with E-state index in [1.165, 1.54) is 72.4 Å². The van der Waals surface area contributed by atoms with Crippen molar-refractivity contribution in [1.82, 2.24) is 0 Å². The number of hydrogen-bond donors (Lipinski definition) is 0. The summed E-state index contributed by atoms with van der Waals surface area (Å²) in [5.41, 5.74) is 20.5. The predicted molar refractivity (Wildman–Crippen MR) is 222 cm³/mol. The molecule has 2 nitrogen and oxygen atoms in total. The van der Waals surface area contributed by atoms with Crippen molar-refractivity contribution in [3.05, 3.63) is 209 Å². The van der Waals surface area contributed by atoms with Crippen LogP contribution in [0.1, 0.15) is 47.2 Å². The van der Waals surface area contributed by atoms with E-state index in [0.717, 1.165) is 33.3 Å². The maximum Gasteiger partial charge on any atom is 0.135 e. The van der Waals surface area contributed by atoms with Gasteiger partial charge in [-0.1, -0.05) is 147 Å². The highest BCUT2D eigenvalue weighted by atomic mass is 16.3. The Morgan fingerprint density at radius 2 is 0.889 bits per heavy atom. The lowest BCUT2D eigenvalue weighted by atomic mass is 9.70. The standard InChI is InChI=1S/C52H35NO/c1-51(2)42-20-8-3-17-37(42)40-19-13-24-47(50(40)51)53(32-27-29-49-41(30-32)39-18-7-12-25-48(39)54-49)33-26-28-38-36-16-6-11-23-45(36)52(46(38)31-33)43-21-9-4-14-34(43)35-15-5-10-22-44(35)52/h3-31H,1-2H3. The molecule has 0 radical (unpaired) electrons. The molecule has 0 fully saturated rings. The van der Waals surface area contributed by atoms with Gasteiger partial charge in [-0.15, -0.1) is 0 Å². The van der Waals surface area contributed by atoms with Crippen molar-refractivity contribution >= 4 is 39.0 Å². The summed E-state index contributed by atoms with van der Waals surface area (Å²) in [6, 6.07) is 65.2. The van der Waals surface area contributed by atoms with Gasteiger partial charge < -0.3 is 9.32 Å². The molecule has 0 amide bonds. The fraction of sp³-hybridized carbons (Fsp3) is 0.0769. The summed E-state index contributed by atoms with van der Waals surface area (Å²) in [5, 5.41) is 2.25. The van der Waals surface area contributed by atoms with Crippen LogP contribution in [-0.2, 0) is 10.8 Å². The molecule has 0 N–H and O–H groups in total. The summed E-state index contributed by atoms with van der Waals surface area (Å²) in [7, 11) is 0. The first-order valence-corrected chi connectivity index (χ1v) is 18.9. The van der Waals surface area contributed by atoms with E-state index in [1.54, 1.807) is 0 Å². The van der Waals surface area contributed by atoms with Gasteiger partial charge in [0.2, 0.25) is 0 Å². The molecule has 1 heterocycles. The Labute approximate surface area is 314 Å². The highest BCUT2D eigenvalue weighted by Crippen LogP contribution is 2.63. The molecule has 0 saturated carbocycles. The van der Waals surface area contributed by atoms with Crippen LogP contribution in [0, 0.1) is 0 Å². The maximum atomic E-state index is 6.36. The van der Waals surface area contributed by atoms with Crippen LogP contribution in [-0.4, -0.2) is 0 Å². The first kappa shape index (κ1) is 29.9. The first-order chi connectivity index (χ1) is 26.5. The molecule has 0 unspecified atom stereocenters. The zero-order chi connectivity index (χ0) is 35.8. The molecule has 0 bridgehead atoms. The molecule has 8 aromatic carbocycles. The van der Waals surface area contributed by atoms with Crippen molar-refractivity contribution in [1.29, 1.82) is 0 Å². The van der Waals surface area contributed by atoms with Gasteiger partial charge in [0.25, 0.3) is 0 Å². The summed E-state index contributed by atoms with van der Waals surface area (Å²) >= 11 is 0. The number of benzene rings is 8. The zero-order valence-electron chi connectivity index (χ0n) is 30.1. The average molecular weight is 690 g/mol. The largest absolute Gasteiger partial charge is 0.456 e. The van der Waals surface area contributed by atoms with Gasteiger partial charge in [0.15, 0.2) is 0 Å². The SMILES string of the molecule is CC1(C)c2ccccc2-c2cccc(N(c3ccc4c(c3)C3(c5ccccc5-c5ccccc53)c3ccccc3-4)c3ccc4oc5ccccc5c4c3)c21. The minimum absolute atomic E-state index is 0.204. The third-order valence-corrected chi connectivity index (χ3v) is 12.7. The fourth-order valence-electron chi connectivity index (χ4n) is 10.5. The maximum absolute atomic E-state index is 6.36. The fourth-order valence-corrected chi connectivity index (χ4v) is 10.5. The van der Waals surface area contributed by atoms with Gasteiger partial charge in [0.1, 0.15) is 11.2 Å². The molecule has 1 aromatic heterocycles. The highest BCUT2D eigenvalue weighted by Gasteiger charge is 2.51. The second-order valence-electron chi connectivity index (χ2n) is 15.6. The zero-order valence-corrected chi connectivity index (χ0v) is 30.1. The average Bonchev–Trinajstić information content (AvgIpc) is 3.90. The molecule has 0 aliphatic heterocycles. The monoisotopic (exact) mass is 689 g/mol. The molecule has 54 heavy (non-hydrogen) atoms. The van der Waals surface area contributed by atoms with Gasteiger partial charge in [0, 0.05) is 27.6 Å². The van der Waals surface area contributed by atoms with E-state index in [9.17, 15) is 0 Å². The van der Waals surface area contributed by atoms with Crippen molar-refractivity contribution in [3.8, 4) is 33.4 Å². The van der Waals surface area contributed by atoms with Crippen LogP contribution in [0.5, 0.6) is 0 Å². The Balaban J connectivity index is 1.17. The lowest BCUT2D eigenvalue weighted by molar-refractivity contribution is 0.660. The van der Waals surface area contributed by atoms with E-state index in [1.807, 2.05) is 6.07 Å². The Bertz CT molecular complexity index is 2990. The van der Waals surface area contributed by atoms with Gasteiger partial charge in [-0.3, -0.25) is 0 Å². The quantitative estimate of drug-likeness (QED) is 0.184. The minimum Gasteiger partial charge on any atom is -0.456 e. The molecule has 0 atom stereocenters. The third kappa shape index (κ3) is 3.65. The van der Waals surface area contributed by atoms with E-state index in [-0.39, 0.29) is 5.41 Å². The second kappa shape index (κ2) is 10.5. The minimum atomic E-state index is -0.431. The summed E-state index contributed by atoms with van der Waals surface area (Å²) in [6.07, 6.45) is 0. The highest BCUT2D eigenvalue weighted by molar-refractivity contribution is 6.07. The van der Waals surface area contributed by atoms with E-state index < -0.39 is 5.41 Å². The number of fused-ring (bicyclic) bond motifs is 16. The van der Waals surface area contributed by atoms with Gasteiger partial charge >= 0.3 is 0 Å². The summed E-state index contributed by atoms with van der Waals surface area (Å²) in [4.78, 5) is 2.51. The first-order valence-electron chi connectivity index (χ1n) is 18.9. The number of rotatable bonds is 3. The van der Waals surface area contributed by atoms with Gasteiger partial charge in [-0.2, -0.15) is 0 Å².